The molecule has 0 bridgehead atoms. The molecule has 0 spiro atoms. The molecule has 17 heavy (non-hydrogen) atoms. The Labute approximate surface area is 117 Å². The minimum Gasteiger partial charge on any atom is -0.0826 e. The number of halogens is 1. The molecule has 0 atom stereocenters. The number of hydrogen-bond donors (Lipinski definition) is 0. The van der Waals surface area contributed by atoms with Crippen molar-refractivity contribution in [1.29, 1.82) is 0 Å². The summed E-state index contributed by atoms with van der Waals surface area (Å²) in [5.41, 5.74) is 1.55. The van der Waals surface area contributed by atoms with E-state index in [9.17, 15) is 0 Å². The topological polar surface area (TPSA) is 0 Å². The third kappa shape index (κ3) is 2.49. The molecule has 88 valence electrons. The average molecular weight is 336 g/mol. The second-order valence-corrected chi connectivity index (χ2v) is 6.82. The first-order valence-electron chi connectivity index (χ1n) is 6.46. The lowest BCUT2D eigenvalue weighted by Gasteiger charge is -2.25. The normalized spacial score (nSPS) is 25.0. The fourth-order valence-corrected chi connectivity index (χ4v) is 3.57. The van der Waals surface area contributed by atoms with Crippen LogP contribution in [0.4, 0.5) is 0 Å². The van der Waals surface area contributed by atoms with Crippen molar-refractivity contribution in [3.05, 3.63) is 48.0 Å². The van der Waals surface area contributed by atoms with Gasteiger partial charge in [0.05, 0.1) is 0 Å². The molecule has 1 aliphatic rings. The monoisotopic (exact) mass is 336 g/mol. The highest BCUT2D eigenvalue weighted by molar-refractivity contribution is 14.1. The van der Waals surface area contributed by atoms with Crippen molar-refractivity contribution >= 4 is 33.4 Å². The van der Waals surface area contributed by atoms with Crippen molar-refractivity contribution in [2.75, 3.05) is 0 Å². The van der Waals surface area contributed by atoms with Crippen LogP contribution in [0, 0.1) is 0 Å². The lowest BCUT2D eigenvalue weighted by molar-refractivity contribution is 0.462. The van der Waals surface area contributed by atoms with Crippen LogP contribution >= 0.6 is 22.6 Å². The number of rotatable bonds is 1. The summed E-state index contributed by atoms with van der Waals surface area (Å²) in [6.07, 6.45) is 5.51. The van der Waals surface area contributed by atoms with Crippen molar-refractivity contribution in [2.45, 2.75) is 35.5 Å². The molecule has 2 aromatic carbocycles. The molecule has 0 radical (unpaired) electrons. The second kappa shape index (κ2) is 4.97. The molecule has 2 aromatic rings. The Morgan fingerprint density at radius 3 is 2.29 bits per heavy atom. The Balaban J connectivity index is 1.90. The van der Waals surface area contributed by atoms with Crippen LogP contribution < -0.4 is 0 Å². The lowest BCUT2D eigenvalue weighted by atomic mass is 9.83. The van der Waals surface area contributed by atoms with Crippen LogP contribution in [-0.2, 0) is 0 Å². The van der Waals surface area contributed by atoms with Crippen molar-refractivity contribution in [3.8, 4) is 0 Å². The number of alkyl halides is 1. The maximum Gasteiger partial charge on any atom is 0.0110 e. The Kier molecular flexibility index (Phi) is 3.37. The van der Waals surface area contributed by atoms with Crippen molar-refractivity contribution in [2.24, 2.45) is 0 Å². The highest BCUT2D eigenvalue weighted by Gasteiger charge is 2.20. The zero-order valence-corrected chi connectivity index (χ0v) is 12.1. The Morgan fingerprint density at radius 1 is 0.824 bits per heavy atom. The molecule has 0 aromatic heterocycles. The Bertz CT molecular complexity index is 510. The maximum absolute atomic E-state index is 2.60. The summed E-state index contributed by atoms with van der Waals surface area (Å²) in [6.45, 7) is 0. The van der Waals surface area contributed by atoms with E-state index in [0.29, 0.717) is 0 Å². The number of fused-ring (bicyclic) bond motifs is 1. The fraction of sp³-hybridized carbons (Fsp3) is 0.375. The van der Waals surface area contributed by atoms with E-state index in [-0.39, 0.29) is 0 Å². The van der Waals surface area contributed by atoms with E-state index in [0.717, 1.165) is 9.84 Å². The summed E-state index contributed by atoms with van der Waals surface area (Å²) in [5.74, 6) is 0.797. The molecule has 1 heteroatoms. The molecule has 0 heterocycles. The molecule has 0 saturated heterocycles. The smallest absolute Gasteiger partial charge is 0.0110 e. The van der Waals surface area contributed by atoms with Gasteiger partial charge in [-0.05, 0) is 47.9 Å². The maximum atomic E-state index is 2.60. The highest BCUT2D eigenvalue weighted by atomic mass is 127. The van der Waals surface area contributed by atoms with E-state index in [4.69, 9.17) is 0 Å². The zero-order valence-electron chi connectivity index (χ0n) is 9.90. The SMILES string of the molecule is IC1CCC(c2ccc3ccccc3c2)CC1. The summed E-state index contributed by atoms with van der Waals surface area (Å²) >= 11 is 2.60. The lowest BCUT2D eigenvalue weighted by Crippen LogP contribution is -2.12. The first-order valence-corrected chi connectivity index (χ1v) is 7.70. The fourth-order valence-electron chi connectivity index (χ4n) is 2.85. The van der Waals surface area contributed by atoms with Gasteiger partial charge < -0.3 is 0 Å². The van der Waals surface area contributed by atoms with Crippen molar-refractivity contribution in [1.82, 2.24) is 0 Å². The van der Waals surface area contributed by atoms with Crippen LogP contribution in [0.1, 0.15) is 37.2 Å². The van der Waals surface area contributed by atoms with E-state index in [1.165, 1.54) is 36.5 Å². The molecule has 0 amide bonds. The van der Waals surface area contributed by atoms with Gasteiger partial charge in [0, 0.05) is 3.92 Å². The van der Waals surface area contributed by atoms with E-state index < -0.39 is 0 Å². The summed E-state index contributed by atoms with van der Waals surface area (Å²) < 4.78 is 0.907. The van der Waals surface area contributed by atoms with Crippen LogP contribution in [0.3, 0.4) is 0 Å². The standard InChI is InChI=1S/C16H17I/c17-16-9-7-13(8-10-16)15-6-5-12-3-1-2-4-14(12)11-15/h1-6,11,13,16H,7-10H2. The van der Waals surface area contributed by atoms with Gasteiger partial charge in [0.2, 0.25) is 0 Å². The van der Waals surface area contributed by atoms with E-state index in [1.807, 2.05) is 0 Å². The van der Waals surface area contributed by atoms with Crippen molar-refractivity contribution < 1.29 is 0 Å². The Morgan fingerprint density at radius 2 is 1.53 bits per heavy atom. The van der Waals surface area contributed by atoms with E-state index in [1.54, 1.807) is 5.56 Å². The van der Waals surface area contributed by atoms with Gasteiger partial charge in [0.15, 0.2) is 0 Å². The average Bonchev–Trinajstić information content (AvgIpc) is 2.39. The number of hydrogen-bond acceptors (Lipinski definition) is 0. The van der Waals surface area contributed by atoms with Crippen LogP contribution in [0.5, 0.6) is 0 Å². The predicted octanol–water partition coefficient (Wildman–Crippen LogP) is 5.30. The zero-order chi connectivity index (χ0) is 11.7. The molecule has 1 aliphatic carbocycles. The molecule has 0 aliphatic heterocycles. The third-order valence-corrected chi connectivity index (χ3v) is 5.15. The van der Waals surface area contributed by atoms with Gasteiger partial charge in [-0.1, -0.05) is 65.1 Å². The van der Waals surface area contributed by atoms with Crippen LogP contribution in [0.15, 0.2) is 42.5 Å². The minimum absolute atomic E-state index is 0.797. The predicted molar refractivity (Wildman–Crippen MR) is 83.0 cm³/mol. The molecule has 0 N–H and O–H groups in total. The third-order valence-electron chi connectivity index (χ3n) is 3.90. The van der Waals surface area contributed by atoms with Crippen molar-refractivity contribution in [3.63, 3.8) is 0 Å². The van der Waals surface area contributed by atoms with Crippen LogP contribution in [0.2, 0.25) is 0 Å². The van der Waals surface area contributed by atoms with Gasteiger partial charge in [-0.3, -0.25) is 0 Å². The first-order chi connectivity index (χ1) is 8.33. The quantitative estimate of drug-likeness (QED) is 0.490. The van der Waals surface area contributed by atoms with Crippen LogP contribution in [-0.4, -0.2) is 3.92 Å². The molecule has 3 rings (SSSR count). The van der Waals surface area contributed by atoms with Crippen LogP contribution in [0.25, 0.3) is 10.8 Å². The summed E-state index contributed by atoms with van der Waals surface area (Å²) in [6, 6.07) is 15.7. The molecular formula is C16H17I. The molecular weight excluding hydrogens is 319 g/mol. The summed E-state index contributed by atoms with van der Waals surface area (Å²) in [5, 5.41) is 2.75. The first kappa shape index (κ1) is 11.5. The van der Waals surface area contributed by atoms with E-state index in [2.05, 4.69) is 65.1 Å². The van der Waals surface area contributed by atoms with Gasteiger partial charge in [-0.15, -0.1) is 0 Å². The summed E-state index contributed by atoms with van der Waals surface area (Å²) in [4.78, 5) is 0. The number of benzene rings is 2. The molecule has 1 saturated carbocycles. The van der Waals surface area contributed by atoms with E-state index >= 15 is 0 Å². The summed E-state index contributed by atoms with van der Waals surface area (Å²) in [7, 11) is 0. The highest BCUT2D eigenvalue weighted by Crippen LogP contribution is 2.36. The molecule has 0 unspecified atom stereocenters. The van der Waals surface area contributed by atoms with Gasteiger partial charge in [0.25, 0.3) is 0 Å². The van der Waals surface area contributed by atoms with Gasteiger partial charge in [0.1, 0.15) is 0 Å². The second-order valence-electron chi connectivity index (χ2n) is 5.06. The Hall–Kier alpha value is -0.570. The molecule has 1 fully saturated rings. The van der Waals surface area contributed by atoms with Gasteiger partial charge in [-0.2, -0.15) is 0 Å². The van der Waals surface area contributed by atoms with Gasteiger partial charge >= 0.3 is 0 Å². The van der Waals surface area contributed by atoms with Gasteiger partial charge in [-0.25, -0.2) is 0 Å². The largest absolute Gasteiger partial charge is 0.0826 e. The molecule has 0 nitrogen and oxygen atoms in total. The minimum atomic E-state index is 0.797.